The van der Waals surface area contributed by atoms with Crippen LogP contribution in [0.15, 0.2) is 24.5 Å². The Labute approximate surface area is 268 Å². The predicted molar refractivity (Wildman–Crippen MR) is 178 cm³/mol. The number of hydrogen-bond donors (Lipinski definition) is 0. The molecule has 1 heterocycles. The van der Waals surface area contributed by atoms with Crippen molar-refractivity contribution in [3.63, 3.8) is 0 Å². The van der Waals surface area contributed by atoms with Crippen molar-refractivity contribution >= 4 is 5.97 Å². The number of aryl methyl sites for hydroxylation is 1. The van der Waals surface area contributed by atoms with Gasteiger partial charge in [0, 0.05) is 12.5 Å². The fourth-order valence-corrected chi connectivity index (χ4v) is 5.82. The molecule has 246 valence electrons. The van der Waals surface area contributed by atoms with Crippen LogP contribution in [0.5, 0.6) is 0 Å². The van der Waals surface area contributed by atoms with Crippen LogP contribution in [-0.4, -0.2) is 12.6 Å². The summed E-state index contributed by atoms with van der Waals surface area (Å²) in [5, 5.41) is 0. The van der Waals surface area contributed by atoms with Crippen molar-refractivity contribution in [2.45, 2.75) is 200 Å². The molecule has 3 nitrogen and oxygen atoms in total. The van der Waals surface area contributed by atoms with Gasteiger partial charge in [-0.15, -0.1) is 0 Å². The number of hydrogen-bond acceptors (Lipinski definition) is 2. The minimum Gasteiger partial charge on any atom is -1.00 e. The number of unbranched alkanes of at least 4 members (excludes halogenated alkanes) is 26. The maximum absolute atomic E-state index is 12.5. The lowest BCUT2D eigenvalue weighted by Crippen LogP contribution is -3.00. The van der Waals surface area contributed by atoms with Gasteiger partial charge < -0.3 is 17.1 Å². The van der Waals surface area contributed by atoms with Crippen LogP contribution in [0.1, 0.15) is 204 Å². The number of ether oxygens (including phenoxy) is 1. The summed E-state index contributed by atoms with van der Waals surface area (Å²) >= 11 is 0. The quantitative estimate of drug-likeness (QED) is 0.0478. The first-order chi connectivity index (χ1) is 20.3. The van der Waals surface area contributed by atoms with Gasteiger partial charge in [0.25, 0.3) is 0 Å². The largest absolute Gasteiger partial charge is 1.00 e. The molecule has 0 aliphatic carbocycles. The van der Waals surface area contributed by atoms with E-state index in [-0.39, 0.29) is 18.4 Å². The molecule has 0 fully saturated rings. The molecule has 0 aromatic carbocycles. The molecule has 42 heavy (non-hydrogen) atoms. The zero-order valence-electron chi connectivity index (χ0n) is 28.2. The molecule has 0 aliphatic rings. The SMILES string of the molecule is CCCCCCCCCCCCCCCCCC[n+]1cccc(C(=O)OCCCCCCCCCCCCCC)c1.[Cl-]. The summed E-state index contributed by atoms with van der Waals surface area (Å²) in [5.41, 5.74) is 0.683. The van der Waals surface area contributed by atoms with Gasteiger partial charge in [-0.2, -0.15) is 0 Å². The van der Waals surface area contributed by atoms with E-state index in [4.69, 9.17) is 4.74 Å². The lowest BCUT2D eigenvalue weighted by atomic mass is 10.0. The molecule has 0 saturated heterocycles. The molecular formula is C38H70ClNO2. The molecule has 0 unspecified atom stereocenters. The van der Waals surface area contributed by atoms with Crippen LogP contribution in [-0.2, 0) is 11.3 Å². The zero-order valence-corrected chi connectivity index (χ0v) is 28.9. The normalized spacial score (nSPS) is 11.0. The number of nitrogens with zero attached hydrogens (tertiary/aromatic N) is 1. The summed E-state index contributed by atoms with van der Waals surface area (Å²) in [6.45, 7) is 6.10. The lowest BCUT2D eigenvalue weighted by Gasteiger charge is -2.05. The van der Waals surface area contributed by atoms with Crippen molar-refractivity contribution in [2.75, 3.05) is 6.61 Å². The molecule has 0 bridgehead atoms. The van der Waals surface area contributed by atoms with E-state index in [1.807, 2.05) is 18.3 Å². The highest BCUT2D eigenvalue weighted by atomic mass is 35.5. The van der Waals surface area contributed by atoms with E-state index in [0.29, 0.717) is 12.2 Å². The van der Waals surface area contributed by atoms with Gasteiger partial charge in [0.05, 0.1) is 6.61 Å². The van der Waals surface area contributed by atoms with Crippen LogP contribution >= 0.6 is 0 Å². The Bertz CT molecular complexity index is 695. The molecule has 0 atom stereocenters. The second-order valence-electron chi connectivity index (χ2n) is 12.7. The van der Waals surface area contributed by atoms with Crippen molar-refractivity contribution in [2.24, 2.45) is 0 Å². The summed E-state index contributed by atoms with van der Waals surface area (Å²) in [4.78, 5) is 12.5. The first-order valence-electron chi connectivity index (χ1n) is 18.4. The lowest BCUT2D eigenvalue weighted by molar-refractivity contribution is -0.697. The van der Waals surface area contributed by atoms with E-state index < -0.39 is 0 Å². The van der Waals surface area contributed by atoms with Gasteiger partial charge in [-0.25, -0.2) is 9.36 Å². The smallest absolute Gasteiger partial charge is 0.344 e. The van der Waals surface area contributed by atoms with Crippen LogP contribution in [0.4, 0.5) is 0 Å². The third kappa shape index (κ3) is 26.5. The molecule has 1 aromatic heterocycles. The minimum atomic E-state index is -0.172. The van der Waals surface area contributed by atoms with Gasteiger partial charge in [-0.05, 0) is 18.9 Å². The van der Waals surface area contributed by atoms with E-state index in [1.165, 1.54) is 167 Å². The molecule has 0 saturated carbocycles. The molecule has 1 rings (SSSR count). The van der Waals surface area contributed by atoms with E-state index in [2.05, 4.69) is 24.6 Å². The van der Waals surface area contributed by atoms with Gasteiger partial charge in [0.15, 0.2) is 12.4 Å². The van der Waals surface area contributed by atoms with Crippen LogP contribution in [0.3, 0.4) is 0 Å². The summed E-state index contributed by atoms with van der Waals surface area (Å²) < 4.78 is 7.71. The predicted octanol–water partition coefficient (Wildman–Crippen LogP) is 9.10. The van der Waals surface area contributed by atoms with Crippen molar-refractivity contribution in [3.8, 4) is 0 Å². The first kappa shape index (κ1) is 40.9. The molecule has 0 aliphatic heterocycles. The van der Waals surface area contributed by atoms with E-state index in [1.54, 1.807) is 0 Å². The van der Waals surface area contributed by atoms with Gasteiger partial charge in [-0.1, -0.05) is 174 Å². The van der Waals surface area contributed by atoms with Gasteiger partial charge in [-0.3, -0.25) is 0 Å². The Morgan fingerprint density at radius 1 is 0.548 bits per heavy atom. The van der Waals surface area contributed by atoms with Crippen LogP contribution in [0.2, 0.25) is 0 Å². The third-order valence-electron chi connectivity index (χ3n) is 8.59. The maximum Gasteiger partial charge on any atom is 0.344 e. The summed E-state index contributed by atoms with van der Waals surface area (Å²) in [6, 6.07) is 3.86. The average molecular weight is 608 g/mol. The van der Waals surface area contributed by atoms with E-state index in [9.17, 15) is 4.79 Å². The average Bonchev–Trinajstić information content (AvgIpc) is 2.99. The molecule has 4 heteroatoms. The van der Waals surface area contributed by atoms with Gasteiger partial charge >= 0.3 is 5.97 Å². The monoisotopic (exact) mass is 608 g/mol. The fourth-order valence-electron chi connectivity index (χ4n) is 5.82. The van der Waals surface area contributed by atoms with Crippen molar-refractivity contribution in [1.29, 1.82) is 0 Å². The summed E-state index contributed by atoms with van der Waals surface area (Å²) in [6.07, 6.45) is 42.2. The number of esters is 1. The molecule has 0 N–H and O–H groups in total. The Kier molecular flexibility index (Phi) is 32.0. The van der Waals surface area contributed by atoms with Crippen molar-refractivity contribution in [3.05, 3.63) is 30.1 Å². The van der Waals surface area contributed by atoms with E-state index in [0.717, 1.165) is 19.4 Å². The Morgan fingerprint density at radius 3 is 1.31 bits per heavy atom. The van der Waals surface area contributed by atoms with Crippen LogP contribution in [0, 0.1) is 0 Å². The van der Waals surface area contributed by atoms with Gasteiger partial charge in [0.2, 0.25) is 0 Å². The Hall–Kier alpha value is -1.09. The molecule has 0 amide bonds. The van der Waals surface area contributed by atoms with Crippen molar-refractivity contribution < 1.29 is 26.5 Å². The number of pyridine rings is 1. The third-order valence-corrected chi connectivity index (χ3v) is 8.59. The molecular weight excluding hydrogens is 538 g/mol. The number of halogens is 1. The standard InChI is InChI=1S/C38H70NO2.ClH/c1-3-5-7-9-11-13-15-17-18-19-20-21-23-25-27-29-33-39-34-31-32-37(36-39)38(40)41-35-30-28-26-24-22-16-14-12-10-8-6-4-2;/h31-32,34,36H,3-30,33,35H2,1-2H3;1H/q+1;/p-1. The highest BCUT2D eigenvalue weighted by Gasteiger charge is 2.12. The highest BCUT2D eigenvalue weighted by molar-refractivity contribution is 5.88. The topological polar surface area (TPSA) is 30.2 Å². The summed E-state index contributed by atoms with van der Waals surface area (Å²) in [7, 11) is 0. The van der Waals surface area contributed by atoms with E-state index >= 15 is 0 Å². The number of aromatic nitrogens is 1. The van der Waals surface area contributed by atoms with Gasteiger partial charge in [0.1, 0.15) is 12.1 Å². The molecule has 1 aromatic rings. The first-order valence-corrected chi connectivity index (χ1v) is 18.4. The Balaban J connectivity index is 0.0000168. The van der Waals surface area contributed by atoms with Crippen LogP contribution < -0.4 is 17.0 Å². The number of rotatable bonds is 31. The second-order valence-corrected chi connectivity index (χ2v) is 12.7. The van der Waals surface area contributed by atoms with Crippen LogP contribution in [0.25, 0.3) is 0 Å². The summed E-state index contributed by atoms with van der Waals surface area (Å²) in [5.74, 6) is -0.172. The maximum atomic E-state index is 12.5. The second kappa shape index (κ2) is 32.8. The zero-order chi connectivity index (χ0) is 29.5. The Morgan fingerprint density at radius 2 is 0.905 bits per heavy atom. The number of carbonyl (C=O) groups is 1. The minimum absolute atomic E-state index is 0. The van der Waals surface area contributed by atoms with Crippen molar-refractivity contribution in [1.82, 2.24) is 0 Å². The fraction of sp³-hybridized carbons (Fsp3) is 0.842. The highest BCUT2D eigenvalue weighted by Crippen LogP contribution is 2.14. The molecule has 0 spiro atoms. The number of carbonyl (C=O) groups excluding carboxylic acids is 1. The molecule has 0 radical (unpaired) electrons.